The fraction of sp³-hybridized carbons (Fsp3) is 0.647. The lowest BCUT2D eigenvalue weighted by molar-refractivity contribution is 0.191. The zero-order valence-corrected chi connectivity index (χ0v) is 12.7. The molecule has 0 aromatic carbocycles. The number of hydrogen-bond acceptors (Lipinski definition) is 2. The van der Waals surface area contributed by atoms with Crippen molar-refractivity contribution in [2.45, 2.75) is 51.6 Å². The van der Waals surface area contributed by atoms with E-state index in [0.29, 0.717) is 6.17 Å². The van der Waals surface area contributed by atoms with Crippen LogP contribution in [-0.4, -0.2) is 30.7 Å². The molecule has 0 saturated heterocycles. The average molecular weight is 264 g/mol. The molecule has 1 atom stereocenters. The summed E-state index contributed by atoms with van der Waals surface area (Å²) in [5.74, 6) is 0. The molecule has 110 valence electrons. The summed E-state index contributed by atoms with van der Waals surface area (Å²) in [6.07, 6.45) is 14.0. The van der Waals surface area contributed by atoms with Crippen LogP contribution in [0.25, 0.3) is 0 Å². The average Bonchev–Trinajstić information content (AvgIpc) is 2.42. The number of hydrogen-bond donors (Lipinski definition) is 1. The topological polar surface area (TPSA) is 15.3 Å². The molecule has 0 radical (unpaired) electrons. The summed E-state index contributed by atoms with van der Waals surface area (Å²) >= 11 is 0. The Morgan fingerprint density at radius 2 is 1.58 bits per heavy atom. The number of unbranched alkanes of at least 4 members (excludes halogenated alkanes) is 4. The van der Waals surface area contributed by atoms with Gasteiger partial charge in [-0.05, 0) is 6.42 Å². The zero-order chi connectivity index (χ0) is 14.3. The molecule has 0 saturated carbocycles. The molecule has 0 aromatic heterocycles. The molecule has 0 fully saturated rings. The fourth-order valence-electron chi connectivity index (χ4n) is 2.24. The van der Waals surface area contributed by atoms with Crippen molar-refractivity contribution in [3.63, 3.8) is 0 Å². The van der Waals surface area contributed by atoms with E-state index in [9.17, 15) is 0 Å². The van der Waals surface area contributed by atoms with Gasteiger partial charge in [0, 0.05) is 19.6 Å². The van der Waals surface area contributed by atoms with Crippen LogP contribution in [0.2, 0.25) is 0 Å². The van der Waals surface area contributed by atoms with E-state index in [1.807, 2.05) is 18.2 Å². The lowest BCUT2D eigenvalue weighted by Crippen LogP contribution is -2.46. The van der Waals surface area contributed by atoms with Crippen LogP contribution in [0.5, 0.6) is 0 Å². The van der Waals surface area contributed by atoms with Crippen molar-refractivity contribution in [2.75, 3.05) is 19.6 Å². The van der Waals surface area contributed by atoms with Gasteiger partial charge < -0.3 is 0 Å². The van der Waals surface area contributed by atoms with Gasteiger partial charge in [-0.2, -0.15) is 0 Å². The fourth-order valence-corrected chi connectivity index (χ4v) is 2.24. The van der Waals surface area contributed by atoms with Crippen molar-refractivity contribution in [3.8, 4) is 0 Å². The van der Waals surface area contributed by atoms with Gasteiger partial charge in [0.15, 0.2) is 0 Å². The van der Waals surface area contributed by atoms with E-state index < -0.39 is 0 Å². The molecule has 19 heavy (non-hydrogen) atoms. The van der Waals surface area contributed by atoms with Crippen molar-refractivity contribution in [3.05, 3.63) is 38.0 Å². The third-order valence-corrected chi connectivity index (χ3v) is 3.25. The maximum atomic E-state index is 3.84. The molecule has 0 amide bonds. The molecule has 0 bridgehead atoms. The minimum atomic E-state index is 0.399. The zero-order valence-electron chi connectivity index (χ0n) is 12.7. The Hall–Kier alpha value is -0.860. The number of rotatable bonds is 14. The van der Waals surface area contributed by atoms with E-state index in [-0.39, 0.29) is 0 Å². The highest BCUT2D eigenvalue weighted by atomic mass is 15.3. The maximum Gasteiger partial charge on any atom is 0.0605 e. The summed E-state index contributed by atoms with van der Waals surface area (Å²) in [6.45, 7) is 16.4. The minimum Gasteiger partial charge on any atom is -0.298 e. The molecule has 1 unspecified atom stereocenters. The summed E-state index contributed by atoms with van der Waals surface area (Å²) < 4.78 is 0. The van der Waals surface area contributed by atoms with Gasteiger partial charge in [0.05, 0.1) is 6.17 Å². The Kier molecular flexibility index (Phi) is 13.0. The highest BCUT2D eigenvalue weighted by molar-refractivity contribution is 4.85. The summed E-state index contributed by atoms with van der Waals surface area (Å²) in [4.78, 5) is 2.38. The van der Waals surface area contributed by atoms with Gasteiger partial charge in [0.25, 0.3) is 0 Å². The SMILES string of the molecule is C=CCNC(CCCCCCC)N(CC=C)CC=C. The van der Waals surface area contributed by atoms with Gasteiger partial charge in [-0.25, -0.2) is 0 Å². The Balaban J connectivity index is 4.19. The molecule has 0 aliphatic rings. The monoisotopic (exact) mass is 264 g/mol. The third kappa shape index (κ3) is 9.69. The predicted octanol–water partition coefficient (Wildman–Crippen LogP) is 4.12. The van der Waals surface area contributed by atoms with Crippen LogP contribution in [0.4, 0.5) is 0 Å². The molecule has 0 heterocycles. The summed E-state index contributed by atoms with van der Waals surface area (Å²) in [7, 11) is 0. The van der Waals surface area contributed by atoms with E-state index in [1.165, 1.54) is 38.5 Å². The normalized spacial score (nSPS) is 12.3. The molecule has 0 aromatic rings. The Labute approximate surface area is 120 Å². The molecular weight excluding hydrogens is 232 g/mol. The highest BCUT2D eigenvalue weighted by Crippen LogP contribution is 2.10. The number of nitrogens with zero attached hydrogens (tertiary/aromatic N) is 1. The first-order valence-corrected chi connectivity index (χ1v) is 7.60. The number of nitrogens with one attached hydrogen (secondary N) is 1. The predicted molar refractivity (Wildman–Crippen MR) is 87.3 cm³/mol. The first-order chi connectivity index (χ1) is 9.29. The van der Waals surface area contributed by atoms with Crippen molar-refractivity contribution < 1.29 is 0 Å². The second-order valence-electron chi connectivity index (χ2n) is 4.95. The van der Waals surface area contributed by atoms with Crippen molar-refractivity contribution in [1.82, 2.24) is 10.2 Å². The minimum absolute atomic E-state index is 0.399. The van der Waals surface area contributed by atoms with Gasteiger partial charge in [0.1, 0.15) is 0 Å². The molecule has 2 heteroatoms. The molecule has 0 spiro atoms. The standard InChI is InChI=1S/C17H32N2/c1-5-9-10-11-12-13-17(18-14-6-2)19(15-7-3)16-8-4/h6-8,17-18H,2-5,9-16H2,1H3. The molecule has 1 N–H and O–H groups in total. The highest BCUT2D eigenvalue weighted by Gasteiger charge is 2.14. The quantitative estimate of drug-likeness (QED) is 0.288. The van der Waals surface area contributed by atoms with E-state index >= 15 is 0 Å². The largest absolute Gasteiger partial charge is 0.298 e. The van der Waals surface area contributed by atoms with Crippen LogP contribution >= 0.6 is 0 Å². The van der Waals surface area contributed by atoms with E-state index in [0.717, 1.165) is 19.6 Å². The Morgan fingerprint density at radius 1 is 0.947 bits per heavy atom. The van der Waals surface area contributed by atoms with Crippen LogP contribution in [-0.2, 0) is 0 Å². The molecule has 0 rings (SSSR count). The van der Waals surface area contributed by atoms with Crippen LogP contribution in [0.3, 0.4) is 0 Å². The lowest BCUT2D eigenvalue weighted by Gasteiger charge is -2.30. The van der Waals surface area contributed by atoms with Crippen LogP contribution in [0, 0.1) is 0 Å². The van der Waals surface area contributed by atoms with Gasteiger partial charge in [0.2, 0.25) is 0 Å². The lowest BCUT2D eigenvalue weighted by atomic mass is 10.1. The first-order valence-electron chi connectivity index (χ1n) is 7.60. The van der Waals surface area contributed by atoms with Crippen LogP contribution < -0.4 is 5.32 Å². The second-order valence-corrected chi connectivity index (χ2v) is 4.95. The van der Waals surface area contributed by atoms with Gasteiger partial charge in [-0.3, -0.25) is 10.2 Å². The summed E-state index contributed by atoms with van der Waals surface area (Å²) in [5, 5.41) is 3.54. The van der Waals surface area contributed by atoms with Crippen LogP contribution in [0.15, 0.2) is 38.0 Å². The first kappa shape index (κ1) is 18.1. The van der Waals surface area contributed by atoms with Crippen molar-refractivity contribution in [2.24, 2.45) is 0 Å². The van der Waals surface area contributed by atoms with Gasteiger partial charge >= 0.3 is 0 Å². The summed E-state index contributed by atoms with van der Waals surface area (Å²) in [5.41, 5.74) is 0. The van der Waals surface area contributed by atoms with E-state index in [2.05, 4.69) is 36.9 Å². The molecule has 0 aliphatic carbocycles. The second kappa shape index (κ2) is 13.6. The maximum absolute atomic E-state index is 3.84. The van der Waals surface area contributed by atoms with Gasteiger partial charge in [-0.15, -0.1) is 19.7 Å². The Bertz CT molecular complexity index is 225. The smallest absolute Gasteiger partial charge is 0.0605 e. The van der Waals surface area contributed by atoms with E-state index in [1.54, 1.807) is 0 Å². The molecule has 0 aliphatic heterocycles. The van der Waals surface area contributed by atoms with Crippen molar-refractivity contribution in [1.29, 1.82) is 0 Å². The van der Waals surface area contributed by atoms with Crippen molar-refractivity contribution >= 4 is 0 Å². The third-order valence-electron chi connectivity index (χ3n) is 3.25. The molecule has 2 nitrogen and oxygen atoms in total. The van der Waals surface area contributed by atoms with E-state index in [4.69, 9.17) is 0 Å². The molecular formula is C17H32N2. The van der Waals surface area contributed by atoms with Crippen LogP contribution in [0.1, 0.15) is 45.4 Å². The summed E-state index contributed by atoms with van der Waals surface area (Å²) in [6, 6.07) is 0. The Morgan fingerprint density at radius 3 is 2.11 bits per heavy atom. The van der Waals surface area contributed by atoms with Gasteiger partial charge in [-0.1, -0.05) is 57.3 Å².